The van der Waals surface area contributed by atoms with E-state index in [1.165, 1.54) is 36.4 Å². The number of benzene rings is 2. The standard InChI is InChI=1S/C16H11Cl3FN3O2/c17-16(18,19)9-21-23-15(25)11-2-1-3-13(8-11)22-14(24)10-4-6-12(20)7-5-10/h1-9H,(H,22,24)(H,23,25)/b21-9-. The van der Waals surface area contributed by atoms with Gasteiger partial charge in [0.2, 0.25) is 3.79 Å². The first-order valence-corrected chi connectivity index (χ1v) is 7.96. The van der Waals surface area contributed by atoms with Crippen molar-refractivity contribution in [2.24, 2.45) is 5.10 Å². The van der Waals surface area contributed by atoms with Crippen LogP contribution >= 0.6 is 34.8 Å². The van der Waals surface area contributed by atoms with E-state index >= 15 is 0 Å². The molecule has 2 N–H and O–H groups in total. The molecule has 0 radical (unpaired) electrons. The van der Waals surface area contributed by atoms with Crippen LogP contribution in [0.4, 0.5) is 10.1 Å². The van der Waals surface area contributed by atoms with E-state index in [2.05, 4.69) is 15.8 Å². The van der Waals surface area contributed by atoms with Gasteiger partial charge in [0, 0.05) is 16.8 Å². The second-order valence-electron chi connectivity index (χ2n) is 4.78. The van der Waals surface area contributed by atoms with Crippen molar-refractivity contribution in [3.8, 4) is 0 Å². The van der Waals surface area contributed by atoms with Gasteiger partial charge in [-0.3, -0.25) is 9.59 Å². The Morgan fingerprint density at radius 2 is 1.68 bits per heavy atom. The lowest BCUT2D eigenvalue weighted by molar-refractivity contribution is 0.0953. The monoisotopic (exact) mass is 401 g/mol. The molecule has 5 nitrogen and oxygen atoms in total. The van der Waals surface area contributed by atoms with Gasteiger partial charge < -0.3 is 5.32 Å². The van der Waals surface area contributed by atoms with Gasteiger partial charge >= 0.3 is 0 Å². The van der Waals surface area contributed by atoms with Crippen LogP contribution in [0.1, 0.15) is 20.7 Å². The summed E-state index contributed by atoms with van der Waals surface area (Å²) in [6.07, 6.45) is 0.940. The molecule has 25 heavy (non-hydrogen) atoms. The van der Waals surface area contributed by atoms with Gasteiger partial charge in [-0.1, -0.05) is 40.9 Å². The van der Waals surface area contributed by atoms with E-state index < -0.39 is 21.4 Å². The summed E-state index contributed by atoms with van der Waals surface area (Å²) in [6.45, 7) is 0. The van der Waals surface area contributed by atoms with Crippen molar-refractivity contribution >= 4 is 58.5 Å². The first kappa shape index (κ1) is 19.2. The summed E-state index contributed by atoms with van der Waals surface area (Å²) in [7, 11) is 0. The highest BCUT2D eigenvalue weighted by molar-refractivity contribution is 6.74. The van der Waals surface area contributed by atoms with Gasteiger partial charge in [-0.25, -0.2) is 9.82 Å². The SMILES string of the molecule is O=C(N/N=C\C(Cl)(Cl)Cl)c1cccc(NC(=O)c2ccc(F)cc2)c1. The van der Waals surface area contributed by atoms with Crippen molar-refractivity contribution in [1.29, 1.82) is 0 Å². The van der Waals surface area contributed by atoms with Crippen LogP contribution in [0.5, 0.6) is 0 Å². The number of hydrazone groups is 1. The summed E-state index contributed by atoms with van der Waals surface area (Å²) in [6, 6.07) is 11.2. The smallest absolute Gasteiger partial charge is 0.271 e. The minimum absolute atomic E-state index is 0.235. The fraction of sp³-hybridized carbons (Fsp3) is 0.0625. The lowest BCUT2D eigenvalue weighted by atomic mass is 10.1. The molecule has 0 aliphatic carbocycles. The van der Waals surface area contributed by atoms with Crippen LogP contribution in [-0.4, -0.2) is 21.8 Å². The van der Waals surface area contributed by atoms with Crippen LogP contribution in [-0.2, 0) is 0 Å². The normalized spacial score (nSPS) is 11.4. The summed E-state index contributed by atoms with van der Waals surface area (Å²) in [5, 5.41) is 6.13. The molecule has 0 saturated heterocycles. The summed E-state index contributed by atoms with van der Waals surface area (Å²) < 4.78 is 11.2. The molecular weight excluding hydrogens is 392 g/mol. The first-order valence-electron chi connectivity index (χ1n) is 6.83. The van der Waals surface area contributed by atoms with Crippen molar-refractivity contribution in [1.82, 2.24) is 5.43 Å². The summed E-state index contributed by atoms with van der Waals surface area (Å²) in [4.78, 5) is 24.1. The van der Waals surface area contributed by atoms with E-state index in [9.17, 15) is 14.0 Å². The van der Waals surface area contributed by atoms with Gasteiger partial charge in [0.15, 0.2) is 0 Å². The molecule has 0 aliphatic rings. The van der Waals surface area contributed by atoms with E-state index in [1.807, 2.05) is 0 Å². The Hall–Kier alpha value is -2.15. The van der Waals surface area contributed by atoms with Crippen LogP contribution < -0.4 is 10.7 Å². The number of nitrogens with zero attached hydrogens (tertiary/aromatic N) is 1. The average molecular weight is 403 g/mol. The van der Waals surface area contributed by atoms with E-state index in [1.54, 1.807) is 12.1 Å². The Morgan fingerprint density at radius 3 is 2.32 bits per heavy atom. The Labute approximate surface area is 157 Å². The molecule has 2 rings (SSSR count). The predicted octanol–water partition coefficient (Wildman–Crippen LogP) is 4.16. The van der Waals surface area contributed by atoms with Gasteiger partial charge in [0.25, 0.3) is 11.8 Å². The van der Waals surface area contributed by atoms with E-state index in [0.717, 1.165) is 6.21 Å². The molecule has 0 bridgehead atoms. The van der Waals surface area contributed by atoms with Crippen LogP contribution in [0.2, 0.25) is 0 Å². The van der Waals surface area contributed by atoms with Crippen LogP contribution in [0.25, 0.3) is 0 Å². The molecule has 0 atom stereocenters. The maximum atomic E-state index is 12.9. The zero-order valence-corrected chi connectivity index (χ0v) is 14.7. The van der Waals surface area contributed by atoms with E-state index in [-0.39, 0.29) is 11.1 Å². The number of amides is 2. The van der Waals surface area contributed by atoms with Crippen molar-refractivity contribution < 1.29 is 14.0 Å². The number of nitrogens with one attached hydrogen (secondary N) is 2. The third-order valence-electron chi connectivity index (χ3n) is 2.87. The number of carbonyl (C=O) groups is 2. The highest BCUT2D eigenvalue weighted by Crippen LogP contribution is 2.22. The van der Waals surface area contributed by atoms with E-state index in [4.69, 9.17) is 34.8 Å². The minimum Gasteiger partial charge on any atom is -0.322 e. The highest BCUT2D eigenvalue weighted by Gasteiger charge is 2.16. The maximum Gasteiger partial charge on any atom is 0.271 e. The van der Waals surface area contributed by atoms with Crippen LogP contribution in [0, 0.1) is 5.82 Å². The second-order valence-corrected chi connectivity index (χ2v) is 7.15. The molecule has 2 aromatic rings. The number of halogens is 4. The van der Waals surface area contributed by atoms with Gasteiger partial charge in [0.05, 0.1) is 6.21 Å². The number of alkyl halides is 3. The third kappa shape index (κ3) is 6.34. The molecule has 0 aliphatic heterocycles. The van der Waals surface area contributed by atoms with E-state index in [0.29, 0.717) is 5.69 Å². The zero-order valence-electron chi connectivity index (χ0n) is 12.5. The maximum absolute atomic E-state index is 12.9. The molecule has 0 fully saturated rings. The summed E-state index contributed by atoms with van der Waals surface area (Å²) in [5.41, 5.74) is 3.09. The minimum atomic E-state index is -1.72. The molecule has 130 valence electrons. The quantitative estimate of drug-likeness (QED) is 0.458. The third-order valence-corrected chi connectivity index (χ3v) is 3.16. The Morgan fingerprint density at radius 1 is 1.00 bits per heavy atom. The number of carbonyl (C=O) groups excluding carboxylic acids is 2. The van der Waals surface area contributed by atoms with Crippen molar-refractivity contribution in [3.05, 3.63) is 65.5 Å². The zero-order chi connectivity index (χ0) is 18.4. The molecular formula is C16H11Cl3FN3O2. The predicted molar refractivity (Wildman–Crippen MR) is 97.0 cm³/mol. The number of hydrogen-bond donors (Lipinski definition) is 2. The van der Waals surface area contributed by atoms with Crippen LogP contribution in [0.15, 0.2) is 53.6 Å². The van der Waals surface area contributed by atoms with Crippen molar-refractivity contribution in [3.63, 3.8) is 0 Å². The molecule has 9 heteroatoms. The first-order chi connectivity index (χ1) is 11.7. The molecule has 0 aromatic heterocycles. The fourth-order valence-corrected chi connectivity index (χ4v) is 1.92. The number of rotatable bonds is 4. The highest BCUT2D eigenvalue weighted by atomic mass is 35.6. The fourth-order valence-electron chi connectivity index (χ4n) is 1.77. The molecule has 0 unspecified atom stereocenters. The lowest BCUT2D eigenvalue weighted by Gasteiger charge is -2.07. The lowest BCUT2D eigenvalue weighted by Crippen LogP contribution is -2.20. The Bertz CT molecular complexity index is 805. The Kier molecular flexibility index (Phi) is 6.36. The van der Waals surface area contributed by atoms with Gasteiger partial charge in [0.1, 0.15) is 5.82 Å². The molecule has 0 spiro atoms. The molecule has 2 aromatic carbocycles. The summed E-state index contributed by atoms with van der Waals surface area (Å²) in [5.74, 6) is -1.43. The van der Waals surface area contributed by atoms with Crippen molar-refractivity contribution in [2.75, 3.05) is 5.32 Å². The van der Waals surface area contributed by atoms with Gasteiger partial charge in [-0.05, 0) is 42.5 Å². The van der Waals surface area contributed by atoms with Gasteiger partial charge in [-0.15, -0.1) is 0 Å². The molecule has 2 amide bonds. The van der Waals surface area contributed by atoms with Crippen LogP contribution in [0.3, 0.4) is 0 Å². The van der Waals surface area contributed by atoms with Gasteiger partial charge in [-0.2, -0.15) is 5.10 Å². The molecule has 0 saturated carbocycles. The molecule has 0 heterocycles. The largest absolute Gasteiger partial charge is 0.322 e. The second kappa shape index (κ2) is 8.29. The number of hydrogen-bond acceptors (Lipinski definition) is 3. The van der Waals surface area contributed by atoms with Crippen molar-refractivity contribution in [2.45, 2.75) is 3.79 Å². The number of anilines is 1. The Balaban J connectivity index is 2.05. The topological polar surface area (TPSA) is 70.6 Å². The average Bonchev–Trinajstić information content (AvgIpc) is 2.54. The summed E-state index contributed by atoms with van der Waals surface area (Å²) >= 11 is 16.4.